The van der Waals surface area contributed by atoms with Gasteiger partial charge in [-0.25, -0.2) is 5.43 Å². The van der Waals surface area contributed by atoms with Crippen molar-refractivity contribution in [2.75, 3.05) is 0 Å². The summed E-state index contributed by atoms with van der Waals surface area (Å²) < 4.78 is 0.507. The van der Waals surface area contributed by atoms with Gasteiger partial charge in [0.2, 0.25) is 0 Å². The molecule has 2 rings (SSSR count). The monoisotopic (exact) mass is 389 g/mol. The number of amides is 2. The molecule has 0 aliphatic carbocycles. The second-order valence-electron chi connectivity index (χ2n) is 5.02. The number of phenolic OH excluding ortho intramolecular Hbond substituents is 1. The largest absolute Gasteiger partial charge is 0.507 e. The van der Waals surface area contributed by atoms with Crippen molar-refractivity contribution in [1.82, 2.24) is 10.7 Å². The molecule has 0 aliphatic heterocycles. The van der Waals surface area contributed by atoms with E-state index in [1.807, 2.05) is 30.3 Å². The Morgan fingerprint density at radius 2 is 1.88 bits per heavy atom. The summed E-state index contributed by atoms with van der Waals surface area (Å²) in [6, 6.07) is 13.8. The molecule has 0 radical (unpaired) electrons. The van der Waals surface area contributed by atoms with Gasteiger partial charge in [0.25, 0.3) is 0 Å². The summed E-state index contributed by atoms with van der Waals surface area (Å²) in [4.78, 5) is 23.6. The van der Waals surface area contributed by atoms with Gasteiger partial charge in [-0.3, -0.25) is 9.59 Å². The fourth-order valence-corrected chi connectivity index (χ4v) is 2.30. The molecular formula is C17H16BrN3O3. The molecule has 7 heteroatoms. The number of nitrogens with one attached hydrogen (secondary N) is 2. The molecular weight excluding hydrogens is 374 g/mol. The van der Waals surface area contributed by atoms with Crippen molar-refractivity contribution < 1.29 is 14.7 Å². The van der Waals surface area contributed by atoms with Crippen LogP contribution in [0.2, 0.25) is 0 Å². The van der Waals surface area contributed by atoms with Crippen LogP contribution in [0.15, 0.2) is 58.1 Å². The van der Waals surface area contributed by atoms with Crippen molar-refractivity contribution in [2.45, 2.75) is 13.0 Å². The fraction of sp³-hybridized carbons (Fsp3) is 0.118. The van der Waals surface area contributed by atoms with Gasteiger partial charge in [0.1, 0.15) is 5.75 Å². The van der Waals surface area contributed by atoms with E-state index in [2.05, 4.69) is 31.8 Å². The molecule has 0 heterocycles. The van der Waals surface area contributed by atoms with Crippen LogP contribution in [0.25, 0.3) is 0 Å². The van der Waals surface area contributed by atoms with Crippen LogP contribution in [0.1, 0.15) is 24.1 Å². The second-order valence-corrected chi connectivity index (χ2v) is 5.87. The summed E-state index contributed by atoms with van der Waals surface area (Å²) in [6.07, 6.45) is 1.37. The maximum Gasteiger partial charge on any atom is 0.329 e. The topological polar surface area (TPSA) is 90.8 Å². The smallest absolute Gasteiger partial charge is 0.329 e. The average Bonchev–Trinajstić information content (AvgIpc) is 2.58. The highest BCUT2D eigenvalue weighted by Crippen LogP contribution is 2.23. The number of phenols is 1. The highest BCUT2D eigenvalue weighted by atomic mass is 79.9. The predicted molar refractivity (Wildman–Crippen MR) is 94.5 cm³/mol. The molecule has 0 aliphatic rings. The molecule has 0 spiro atoms. The van der Waals surface area contributed by atoms with Crippen LogP contribution in [0.3, 0.4) is 0 Å². The lowest BCUT2D eigenvalue weighted by Gasteiger charge is -2.13. The van der Waals surface area contributed by atoms with Gasteiger partial charge in [-0.05, 0) is 52.2 Å². The van der Waals surface area contributed by atoms with Crippen molar-refractivity contribution in [1.29, 1.82) is 0 Å². The Bertz CT molecular complexity index is 763. The van der Waals surface area contributed by atoms with Crippen molar-refractivity contribution in [2.24, 2.45) is 5.10 Å². The standard InChI is InChI=1S/C17H16BrN3O3/c1-11(13-5-3-2-4-6-13)20-16(23)17(24)21-19-10-12-7-8-15(22)14(18)9-12/h2-11,22H,1H3,(H,20,23)(H,21,24)/b19-10+/t11-/m0/s1. The molecule has 6 nitrogen and oxygen atoms in total. The summed E-state index contributed by atoms with van der Waals surface area (Å²) in [5, 5.41) is 15.7. The number of halogens is 1. The van der Waals surface area contributed by atoms with E-state index in [4.69, 9.17) is 0 Å². The summed E-state index contributed by atoms with van der Waals surface area (Å²) in [5.41, 5.74) is 3.71. The maximum atomic E-state index is 11.8. The lowest BCUT2D eigenvalue weighted by molar-refractivity contribution is -0.139. The molecule has 2 aromatic rings. The van der Waals surface area contributed by atoms with Gasteiger partial charge in [0.15, 0.2) is 0 Å². The van der Waals surface area contributed by atoms with Crippen molar-refractivity contribution >= 4 is 34.0 Å². The summed E-state index contributed by atoms with van der Waals surface area (Å²) in [7, 11) is 0. The number of carbonyl (C=O) groups is 2. The van der Waals surface area contributed by atoms with E-state index >= 15 is 0 Å². The molecule has 0 aromatic heterocycles. The minimum atomic E-state index is -0.855. The molecule has 24 heavy (non-hydrogen) atoms. The van der Waals surface area contributed by atoms with E-state index in [1.54, 1.807) is 19.1 Å². The number of carbonyl (C=O) groups excluding carboxylic acids is 2. The van der Waals surface area contributed by atoms with Crippen LogP contribution in [0, 0.1) is 0 Å². The van der Waals surface area contributed by atoms with E-state index in [0.29, 0.717) is 10.0 Å². The van der Waals surface area contributed by atoms with Crippen LogP contribution >= 0.6 is 15.9 Å². The number of hydrazone groups is 1. The van der Waals surface area contributed by atoms with Crippen LogP contribution < -0.4 is 10.7 Å². The first-order valence-electron chi connectivity index (χ1n) is 7.14. The van der Waals surface area contributed by atoms with Gasteiger partial charge in [-0.1, -0.05) is 30.3 Å². The van der Waals surface area contributed by atoms with Gasteiger partial charge in [0, 0.05) is 0 Å². The SMILES string of the molecule is C[C@H](NC(=O)C(=O)N/N=C/c1ccc(O)c(Br)c1)c1ccccc1. The summed E-state index contributed by atoms with van der Waals surface area (Å²) >= 11 is 3.18. The first-order chi connectivity index (χ1) is 11.5. The Hall–Kier alpha value is -2.67. The number of benzene rings is 2. The lowest BCUT2D eigenvalue weighted by Crippen LogP contribution is -2.39. The Balaban J connectivity index is 1.88. The molecule has 2 aromatic carbocycles. The first kappa shape index (κ1) is 17.7. The third-order valence-corrected chi connectivity index (χ3v) is 3.84. The third kappa shape index (κ3) is 4.92. The zero-order valence-electron chi connectivity index (χ0n) is 12.9. The molecule has 0 bridgehead atoms. The molecule has 0 fully saturated rings. The highest BCUT2D eigenvalue weighted by Gasteiger charge is 2.16. The summed E-state index contributed by atoms with van der Waals surface area (Å²) in [5.74, 6) is -1.52. The number of nitrogens with zero attached hydrogens (tertiary/aromatic N) is 1. The zero-order chi connectivity index (χ0) is 17.5. The molecule has 124 valence electrons. The number of rotatable bonds is 4. The lowest BCUT2D eigenvalue weighted by atomic mass is 10.1. The van der Waals surface area contributed by atoms with Gasteiger partial charge < -0.3 is 10.4 Å². The molecule has 0 unspecified atom stereocenters. The minimum absolute atomic E-state index is 0.102. The van der Waals surface area contributed by atoms with Crippen molar-refractivity contribution in [3.8, 4) is 5.75 Å². The van der Waals surface area contributed by atoms with Crippen molar-refractivity contribution in [3.05, 3.63) is 64.1 Å². The Morgan fingerprint density at radius 3 is 2.54 bits per heavy atom. The predicted octanol–water partition coefficient (Wildman–Crippen LogP) is 2.48. The van der Waals surface area contributed by atoms with E-state index in [9.17, 15) is 14.7 Å². The van der Waals surface area contributed by atoms with Crippen LogP contribution in [0.4, 0.5) is 0 Å². The van der Waals surface area contributed by atoms with Crippen LogP contribution in [-0.2, 0) is 9.59 Å². The molecule has 1 atom stereocenters. The van der Waals surface area contributed by atoms with Gasteiger partial charge in [-0.2, -0.15) is 5.10 Å². The average molecular weight is 390 g/mol. The molecule has 0 saturated heterocycles. The van der Waals surface area contributed by atoms with Crippen LogP contribution in [0.5, 0.6) is 5.75 Å². The second kappa shape index (κ2) is 8.26. The van der Waals surface area contributed by atoms with Gasteiger partial charge >= 0.3 is 11.8 Å². The number of hydrogen-bond donors (Lipinski definition) is 3. The quantitative estimate of drug-likeness (QED) is 0.426. The Kier molecular flexibility index (Phi) is 6.08. The van der Waals surface area contributed by atoms with Crippen LogP contribution in [-0.4, -0.2) is 23.1 Å². The normalized spacial score (nSPS) is 11.9. The van der Waals surface area contributed by atoms with E-state index in [-0.39, 0.29) is 11.8 Å². The molecule has 2 amide bonds. The van der Waals surface area contributed by atoms with Gasteiger partial charge in [-0.15, -0.1) is 0 Å². The van der Waals surface area contributed by atoms with E-state index in [1.165, 1.54) is 12.3 Å². The first-order valence-corrected chi connectivity index (χ1v) is 7.94. The Morgan fingerprint density at radius 1 is 1.17 bits per heavy atom. The number of aromatic hydroxyl groups is 1. The zero-order valence-corrected chi connectivity index (χ0v) is 14.4. The third-order valence-electron chi connectivity index (χ3n) is 3.20. The number of hydrogen-bond acceptors (Lipinski definition) is 4. The summed E-state index contributed by atoms with van der Waals surface area (Å²) in [6.45, 7) is 1.79. The molecule has 0 saturated carbocycles. The van der Waals surface area contributed by atoms with E-state index < -0.39 is 11.8 Å². The fourth-order valence-electron chi connectivity index (χ4n) is 1.91. The van der Waals surface area contributed by atoms with Gasteiger partial charge in [0.05, 0.1) is 16.7 Å². The minimum Gasteiger partial charge on any atom is -0.507 e. The highest BCUT2D eigenvalue weighted by molar-refractivity contribution is 9.10. The van der Waals surface area contributed by atoms with E-state index in [0.717, 1.165) is 5.56 Å². The van der Waals surface area contributed by atoms with Crippen molar-refractivity contribution in [3.63, 3.8) is 0 Å². The molecule has 3 N–H and O–H groups in total. The Labute approximate surface area is 147 Å². The maximum absolute atomic E-state index is 11.8.